The van der Waals surface area contributed by atoms with Crippen LogP contribution in [0.3, 0.4) is 0 Å². The van der Waals surface area contributed by atoms with Crippen molar-refractivity contribution in [2.45, 2.75) is 12.5 Å². The van der Waals surface area contributed by atoms with Crippen molar-refractivity contribution in [3.05, 3.63) is 34.6 Å². The second-order valence-electron chi connectivity index (χ2n) is 2.73. The lowest BCUT2D eigenvalue weighted by atomic mass is 10.1. The van der Waals surface area contributed by atoms with Gasteiger partial charge >= 0.3 is 0 Å². The summed E-state index contributed by atoms with van der Waals surface area (Å²) in [5.41, 5.74) is 5.38. The molecule has 0 saturated carbocycles. The van der Waals surface area contributed by atoms with Crippen molar-refractivity contribution in [2.75, 3.05) is 6.54 Å². The number of aliphatic hydroxyl groups excluding tert-OH is 1. The highest BCUT2D eigenvalue weighted by Crippen LogP contribution is 2.27. The number of hydrogen-bond acceptors (Lipinski definition) is 2. The highest BCUT2D eigenvalue weighted by atomic mass is 35.5. The average Bonchev–Trinajstić information content (AvgIpc) is 2.04. The molecule has 1 aromatic rings. The van der Waals surface area contributed by atoms with Crippen LogP contribution in [0.2, 0.25) is 5.02 Å². The summed E-state index contributed by atoms with van der Waals surface area (Å²) >= 11 is 5.72. The normalized spacial score (nSPS) is 12.9. The van der Waals surface area contributed by atoms with Gasteiger partial charge in [0.15, 0.2) is 0 Å². The summed E-state index contributed by atoms with van der Waals surface area (Å²) in [6.45, 7) is 0.297. The molecule has 2 nitrogen and oxygen atoms in total. The van der Waals surface area contributed by atoms with Crippen molar-refractivity contribution in [3.63, 3.8) is 0 Å². The maximum absolute atomic E-state index is 13.1. The number of aliphatic hydroxyl groups is 1. The fourth-order valence-corrected chi connectivity index (χ4v) is 1.42. The number of hydrogen-bond donors (Lipinski definition) is 2. The maximum Gasteiger partial charge on any atom is 0.130 e. The van der Waals surface area contributed by atoms with E-state index in [9.17, 15) is 9.50 Å². The minimum Gasteiger partial charge on any atom is -0.388 e. The standard InChI is InChI=1S/C9H11ClFNO/c10-6-2-1-3-7(11)9(6)8(13)4-5-12/h1-3,8,13H,4-5,12H2/t8-/m1/s1. The van der Waals surface area contributed by atoms with Gasteiger partial charge < -0.3 is 10.8 Å². The molecule has 0 aromatic heterocycles. The Hall–Kier alpha value is -0.640. The van der Waals surface area contributed by atoms with Crippen molar-refractivity contribution in [1.82, 2.24) is 0 Å². The molecule has 0 aliphatic carbocycles. The predicted molar refractivity (Wildman–Crippen MR) is 50.0 cm³/mol. The van der Waals surface area contributed by atoms with Crippen LogP contribution in [0.4, 0.5) is 4.39 Å². The van der Waals surface area contributed by atoms with Gasteiger partial charge in [0.1, 0.15) is 5.82 Å². The van der Waals surface area contributed by atoms with Crippen LogP contribution in [0.25, 0.3) is 0 Å². The van der Waals surface area contributed by atoms with Crippen LogP contribution in [-0.2, 0) is 0 Å². The van der Waals surface area contributed by atoms with Gasteiger partial charge in [-0.2, -0.15) is 0 Å². The van der Waals surface area contributed by atoms with E-state index in [4.69, 9.17) is 17.3 Å². The van der Waals surface area contributed by atoms with E-state index in [1.165, 1.54) is 12.1 Å². The van der Waals surface area contributed by atoms with Crippen LogP contribution in [0.15, 0.2) is 18.2 Å². The number of nitrogens with two attached hydrogens (primary N) is 1. The largest absolute Gasteiger partial charge is 0.388 e. The second kappa shape index (κ2) is 4.56. The van der Waals surface area contributed by atoms with E-state index in [1.54, 1.807) is 6.07 Å². The molecule has 1 aromatic carbocycles. The van der Waals surface area contributed by atoms with Crippen molar-refractivity contribution >= 4 is 11.6 Å². The Bertz CT molecular complexity index is 273. The van der Waals surface area contributed by atoms with Crippen molar-refractivity contribution in [2.24, 2.45) is 5.73 Å². The first-order chi connectivity index (χ1) is 6.16. The lowest BCUT2D eigenvalue weighted by Crippen LogP contribution is -2.08. The van der Waals surface area contributed by atoms with E-state index < -0.39 is 11.9 Å². The first-order valence-corrected chi connectivity index (χ1v) is 4.36. The summed E-state index contributed by atoms with van der Waals surface area (Å²) in [7, 11) is 0. The minimum atomic E-state index is -0.918. The van der Waals surface area contributed by atoms with Crippen LogP contribution >= 0.6 is 11.6 Å². The number of benzene rings is 1. The van der Waals surface area contributed by atoms with Crippen LogP contribution in [0.1, 0.15) is 18.1 Å². The van der Waals surface area contributed by atoms with Gasteiger partial charge in [0.2, 0.25) is 0 Å². The van der Waals surface area contributed by atoms with E-state index >= 15 is 0 Å². The summed E-state index contributed by atoms with van der Waals surface area (Å²) in [5, 5.41) is 9.71. The zero-order valence-corrected chi connectivity index (χ0v) is 7.76. The van der Waals surface area contributed by atoms with E-state index in [2.05, 4.69) is 0 Å². The quantitative estimate of drug-likeness (QED) is 0.788. The lowest BCUT2D eigenvalue weighted by molar-refractivity contribution is 0.166. The molecule has 0 aliphatic rings. The van der Waals surface area contributed by atoms with Gasteiger partial charge in [0, 0.05) is 10.6 Å². The summed E-state index contributed by atoms with van der Waals surface area (Å²) in [6.07, 6.45) is -0.612. The fraction of sp³-hybridized carbons (Fsp3) is 0.333. The molecule has 72 valence electrons. The Kier molecular flexibility index (Phi) is 3.66. The molecule has 1 atom stereocenters. The van der Waals surface area contributed by atoms with Crippen LogP contribution in [0, 0.1) is 5.82 Å². The third-order valence-electron chi connectivity index (χ3n) is 1.77. The van der Waals surface area contributed by atoms with E-state index in [0.29, 0.717) is 13.0 Å². The molecule has 0 fully saturated rings. The van der Waals surface area contributed by atoms with Gasteiger partial charge in [-0.25, -0.2) is 4.39 Å². The maximum atomic E-state index is 13.1. The molecule has 0 radical (unpaired) electrons. The zero-order valence-electron chi connectivity index (χ0n) is 7.00. The zero-order chi connectivity index (χ0) is 9.84. The van der Waals surface area contributed by atoms with Gasteiger partial charge in [-0.1, -0.05) is 17.7 Å². The predicted octanol–water partition coefficient (Wildman–Crippen LogP) is 1.86. The highest BCUT2D eigenvalue weighted by Gasteiger charge is 2.15. The third-order valence-corrected chi connectivity index (χ3v) is 2.10. The van der Waals surface area contributed by atoms with Crippen LogP contribution in [0.5, 0.6) is 0 Å². The number of rotatable bonds is 3. The van der Waals surface area contributed by atoms with Gasteiger partial charge in [0.05, 0.1) is 6.10 Å². The summed E-state index contributed by atoms with van der Waals surface area (Å²) in [5.74, 6) is -0.492. The molecule has 0 aliphatic heterocycles. The molecule has 0 amide bonds. The first-order valence-electron chi connectivity index (χ1n) is 3.99. The van der Waals surface area contributed by atoms with Gasteiger partial charge in [-0.3, -0.25) is 0 Å². The topological polar surface area (TPSA) is 46.2 Å². The molecular weight excluding hydrogens is 193 g/mol. The van der Waals surface area contributed by atoms with E-state index in [-0.39, 0.29) is 10.6 Å². The first kappa shape index (κ1) is 10.4. The summed E-state index contributed by atoms with van der Waals surface area (Å²) in [6, 6.07) is 4.30. The summed E-state index contributed by atoms with van der Waals surface area (Å²) in [4.78, 5) is 0. The molecule has 0 heterocycles. The Labute approximate surface area is 81.1 Å². The molecule has 0 saturated heterocycles. The smallest absolute Gasteiger partial charge is 0.130 e. The molecular formula is C9H11ClFNO. The van der Waals surface area contributed by atoms with Crippen molar-refractivity contribution in [3.8, 4) is 0 Å². The molecule has 1 rings (SSSR count). The molecule has 0 unspecified atom stereocenters. The SMILES string of the molecule is NCC[C@@H](O)c1c(F)cccc1Cl. The molecule has 0 spiro atoms. The van der Waals surface area contributed by atoms with Gasteiger partial charge in [-0.05, 0) is 25.1 Å². The second-order valence-corrected chi connectivity index (χ2v) is 3.14. The van der Waals surface area contributed by atoms with Crippen LogP contribution < -0.4 is 5.73 Å². The molecule has 3 N–H and O–H groups in total. The van der Waals surface area contributed by atoms with Gasteiger partial charge in [0.25, 0.3) is 0 Å². The Morgan fingerprint density at radius 1 is 1.54 bits per heavy atom. The third kappa shape index (κ3) is 2.40. The van der Waals surface area contributed by atoms with Crippen molar-refractivity contribution < 1.29 is 9.50 Å². The minimum absolute atomic E-state index is 0.134. The van der Waals surface area contributed by atoms with Crippen LogP contribution in [-0.4, -0.2) is 11.7 Å². The summed E-state index contributed by atoms with van der Waals surface area (Å²) < 4.78 is 13.1. The van der Waals surface area contributed by atoms with E-state index in [0.717, 1.165) is 0 Å². The Morgan fingerprint density at radius 2 is 2.23 bits per heavy atom. The van der Waals surface area contributed by atoms with E-state index in [1.807, 2.05) is 0 Å². The number of halogens is 2. The fourth-order valence-electron chi connectivity index (χ4n) is 1.13. The Morgan fingerprint density at radius 3 is 2.77 bits per heavy atom. The molecule has 13 heavy (non-hydrogen) atoms. The van der Waals surface area contributed by atoms with Crippen molar-refractivity contribution in [1.29, 1.82) is 0 Å². The monoisotopic (exact) mass is 203 g/mol. The molecule has 0 bridgehead atoms. The highest BCUT2D eigenvalue weighted by molar-refractivity contribution is 6.31. The average molecular weight is 204 g/mol. The lowest BCUT2D eigenvalue weighted by Gasteiger charge is -2.11. The van der Waals surface area contributed by atoms with Gasteiger partial charge in [-0.15, -0.1) is 0 Å². The molecule has 4 heteroatoms. The Balaban J connectivity index is 2.98.